The molecule has 1 amide bonds. The van der Waals surface area contributed by atoms with Crippen molar-refractivity contribution < 1.29 is 9.53 Å². The summed E-state index contributed by atoms with van der Waals surface area (Å²) in [4.78, 5) is 14.9. The Kier molecular flexibility index (Phi) is 4.73. The van der Waals surface area contributed by atoms with Crippen molar-refractivity contribution in [3.8, 4) is 0 Å². The van der Waals surface area contributed by atoms with Crippen molar-refractivity contribution in [2.45, 2.75) is 32.4 Å². The predicted octanol–water partition coefficient (Wildman–Crippen LogP) is 1.95. The topological polar surface area (TPSA) is 70.1 Å². The van der Waals surface area contributed by atoms with Crippen LogP contribution in [0.1, 0.15) is 10.5 Å². The lowest BCUT2D eigenvalue weighted by Crippen LogP contribution is -2.23. The summed E-state index contributed by atoms with van der Waals surface area (Å²) in [7, 11) is -1.09. The molecule has 0 bridgehead atoms. The zero-order valence-corrected chi connectivity index (χ0v) is 12.1. The van der Waals surface area contributed by atoms with Crippen molar-refractivity contribution >= 4 is 25.6 Å². The number of ether oxygens (including phenoxy) is 1. The zero-order chi connectivity index (χ0) is 13.1. The molecule has 96 valence electrons. The molecule has 0 fully saturated rings. The third kappa shape index (κ3) is 4.49. The van der Waals surface area contributed by atoms with Crippen LogP contribution < -0.4 is 5.73 Å². The van der Waals surface area contributed by atoms with E-state index in [1.807, 2.05) is 0 Å². The van der Waals surface area contributed by atoms with Crippen molar-refractivity contribution in [1.82, 2.24) is 9.55 Å². The first-order valence-electron chi connectivity index (χ1n) is 5.39. The van der Waals surface area contributed by atoms with Gasteiger partial charge < -0.3 is 15.0 Å². The molecule has 0 radical (unpaired) electrons. The summed E-state index contributed by atoms with van der Waals surface area (Å²) < 4.78 is 7.01. The maximum absolute atomic E-state index is 11.1. The monoisotopic (exact) mass is 275 g/mol. The van der Waals surface area contributed by atoms with Gasteiger partial charge in [0.25, 0.3) is 5.91 Å². The molecule has 5 nitrogen and oxygen atoms in total. The summed E-state index contributed by atoms with van der Waals surface area (Å²) in [5, 5.41) is 0.117. The molecule has 0 aliphatic rings. The van der Waals surface area contributed by atoms with E-state index in [2.05, 4.69) is 24.6 Å². The van der Waals surface area contributed by atoms with E-state index in [-0.39, 0.29) is 17.6 Å². The Morgan fingerprint density at radius 1 is 1.59 bits per heavy atom. The number of hydrogen-bond donors (Lipinski definition) is 1. The zero-order valence-electron chi connectivity index (χ0n) is 10.4. The normalized spacial score (nSPS) is 11.8. The summed E-state index contributed by atoms with van der Waals surface area (Å²) in [6.07, 6.45) is 1.46. The highest BCUT2D eigenvalue weighted by Gasteiger charge is 2.15. The van der Waals surface area contributed by atoms with Gasteiger partial charge in [-0.1, -0.05) is 31.2 Å². The van der Waals surface area contributed by atoms with Crippen LogP contribution in [0.5, 0.6) is 0 Å². The minimum atomic E-state index is -1.09. The molecule has 0 aromatic carbocycles. The number of nitrogens with zero attached hydrogens (tertiary/aromatic N) is 2. The van der Waals surface area contributed by atoms with E-state index in [1.54, 1.807) is 0 Å². The van der Waals surface area contributed by atoms with E-state index in [0.29, 0.717) is 6.61 Å². The second-order valence-electron chi connectivity index (χ2n) is 5.07. The molecule has 0 saturated carbocycles. The largest absolute Gasteiger partial charge is 0.364 e. The van der Waals surface area contributed by atoms with Crippen LogP contribution in [-0.2, 0) is 11.5 Å². The van der Waals surface area contributed by atoms with Crippen molar-refractivity contribution in [3.63, 3.8) is 0 Å². The van der Waals surface area contributed by atoms with E-state index in [0.717, 1.165) is 6.04 Å². The van der Waals surface area contributed by atoms with Gasteiger partial charge in [0, 0.05) is 14.7 Å². The molecule has 0 aliphatic carbocycles. The fraction of sp³-hybridized carbons (Fsp3) is 0.600. The van der Waals surface area contributed by atoms with E-state index in [1.165, 1.54) is 10.9 Å². The van der Waals surface area contributed by atoms with E-state index in [9.17, 15) is 4.79 Å². The summed E-state index contributed by atoms with van der Waals surface area (Å²) in [6, 6.07) is 1.07. The Morgan fingerprint density at radius 2 is 2.24 bits per heavy atom. The van der Waals surface area contributed by atoms with Gasteiger partial charge in [0.15, 0.2) is 5.15 Å². The maximum Gasteiger partial charge on any atom is 0.268 e. The Hall–Kier alpha value is -0.853. The lowest BCUT2D eigenvalue weighted by molar-refractivity contribution is 0.0807. The van der Waals surface area contributed by atoms with Crippen LogP contribution in [0.4, 0.5) is 0 Å². The molecule has 1 heterocycles. The van der Waals surface area contributed by atoms with Gasteiger partial charge in [-0.3, -0.25) is 4.79 Å². The minimum Gasteiger partial charge on any atom is -0.364 e. The summed E-state index contributed by atoms with van der Waals surface area (Å²) in [5.41, 5.74) is 5.39. The van der Waals surface area contributed by atoms with E-state index >= 15 is 0 Å². The van der Waals surface area contributed by atoms with Crippen LogP contribution in [0.15, 0.2) is 6.33 Å². The summed E-state index contributed by atoms with van der Waals surface area (Å²) in [6.45, 7) is 7.75. The molecule has 1 aromatic heterocycles. The number of rotatable bonds is 6. The van der Waals surface area contributed by atoms with Crippen molar-refractivity contribution in [2.75, 3.05) is 6.61 Å². The van der Waals surface area contributed by atoms with E-state index < -0.39 is 14.0 Å². The van der Waals surface area contributed by atoms with Gasteiger partial charge in [0.1, 0.15) is 12.4 Å². The van der Waals surface area contributed by atoms with Crippen LogP contribution in [0.3, 0.4) is 0 Å². The number of aromatic nitrogens is 2. The van der Waals surface area contributed by atoms with Crippen molar-refractivity contribution in [3.05, 3.63) is 17.2 Å². The first-order valence-corrected chi connectivity index (χ1v) is 9.48. The molecule has 7 heteroatoms. The van der Waals surface area contributed by atoms with Crippen LogP contribution in [0.2, 0.25) is 30.8 Å². The average molecular weight is 276 g/mol. The lowest BCUT2D eigenvalue weighted by Gasteiger charge is -2.15. The number of halogens is 1. The molecule has 0 aliphatic heterocycles. The number of amides is 1. The highest BCUT2D eigenvalue weighted by atomic mass is 35.5. The molecule has 0 atom stereocenters. The lowest BCUT2D eigenvalue weighted by atomic mass is 10.4. The standard InChI is InChI=1S/C10H18ClN3O2Si/c1-17(2,3)5-4-16-7-14-6-13-9(11)8(14)10(12)15/h6H,4-5,7H2,1-3H3,(H2,12,15). The maximum atomic E-state index is 11.1. The van der Waals surface area contributed by atoms with Gasteiger partial charge >= 0.3 is 0 Å². The molecule has 0 unspecified atom stereocenters. The van der Waals surface area contributed by atoms with Gasteiger partial charge in [-0.05, 0) is 6.04 Å². The quantitative estimate of drug-likeness (QED) is 0.637. The third-order valence-corrected chi connectivity index (χ3v) is 4.23. The fourth-order valence-corrected chi connectivity index (χ4v) is 2.24. The van der Waals surface area contributed by atoms with Crippen molar-refractivity contribution in [2.24, 2.45) is 5.73 Å². The first kappa shape index (κ1) is 14.2. The van der Waals surface area contributed by atoms with Crippen LogP contribution in [-0.4, -0.2) is 30.1 Å². The van der Waals surface area contributed by atoms with Gasteiger partial charge in [-0.15, -0.1) is 0 Å². The number of hydrogen-bond acceptors (Lipinski definition) is 3. The smallest absolute Gasteiger partial charge is 0.268 e. The summed E-state index contributed by atoms with van der Waals surface area (Å²) in [5.74, 6) is -0.596. The minimum absolute atomic E-state index is 0.117. The number of imidazole rings is 1. The summed E-state index contributed by atoms with van der Waals surface area (Å²) >= 11 is 5.74. The molecule has 1 rings (SSSR count). The molecule has 17 heavy (non-hydrogen) atoms. The highest BCUT2D eigenvalue weighted by Crippen LogP contribution is 2.13. The SMILES string of the molecule is C[Si](C)(C)CCOCn1cnc(Cl)c1C(N)=O. The average Bonchev–Trinajstić information content (AvgIpc) is 2.53. The van der Waals surface area contributed by atoms with Gasteiger partial charge in [0.2, 0.25) is 0 Å². The molecule has 0 saturated heterocycles. The number of nitrogens with two attached hydrogens (primary N) is 1. The van der Waals surface area contributed by atoms with Crippen LogP contribution >= 0.6 is 11.6 Å². The number of carbonyl (C=O) groups is 1. The molecule has 1 aromatic rings. The molecule has 2 N–H and O–H groups in total. The first-order chi connectivity index (χ1) is 7.81. The van der Waals surface area contributed by atoms with Gasteiger partial charge in [0.05, 0.1) is 6.33 Å². The Bertz CT molecular complexity index is 401. The molecular weight excluding hydrogens is 258 g/mol. The van der Waals surface area contributed by atoms with Crippen LogP contribution in [0.25, 0.3) is 0 Å². The van der Waals surface area contributed by atoms with Gasteiger partial charge in [-0.2, -0.15) is 0 Å². The second kappa shape index (κ2) is 5.66. The molecule has 0 spiro atoms. The molecular formula is C10H18ClN3O2Si. The fourth-order valence-electron chi connectivity index (χ4n) is 1.24. The van der Waals surface area contributed by atoms with Gasteiger partial charge in [-0.25, -0.2) is 4.98 Å². The number of primary amides is 1. The second-order valence-corrected chi connectivity index (χ2v) is 11.0. The third-order valence-electron chi connectivity index (χ3n) is 2.25. The number of carbonyl (C=O) groups excluding carboxylic acids is 1. The Balaban J connectivity index is 2.50. The Morgan fingerprint density at radius 3 is 2.76 bits per heavy atom. The van der Waals surface area contributed by atoms with Crippen LogP contribution in [0, 0.1) is 0 Å². The predicted molar refractivity (Wildman–Crippen MR) is 69.9 cm³/mol. The highest BCUT2D eigenvalue weighted by molar-refractivity contribution is 6.76. The van der Waals surface area contributed by atoms with Crippen molar-refractivity contribution in [1.29, 1.82) is 0 Å². The van der Waals surface area contributed by atoms with E-state index in [4.69, 9.17) is 22.1 Å². The Labute approximate surface area is 107 Å².